The third-order valence-corrected chi connectivity index (χ3v) is 7.92. The van der Waals surface area contributed by atoms with Crippen molar-refractivity contribution in [1.82, 2.24) is 20.0 Å². The molecule has 2 atom stereocenters. The van der Waals surface area contributed by atoms with E-state index in [1.54, 1.807) is 36.7 Å². The van der Waals surface area contributed by atoms with Crippen LogP contribution in [0.4, 0.5) is 5.13 Å². The molecule has 0 spiro atoms. The highest BCUT2D eigenvalue weighted by molar-refractivity contribution is 7.80. The van der Waals surface area contributed by atoms with E-state index in [2.05, 4.69) is 24.4 Å². The third-order valence-electron chi connectivity index (χ3n) is 6.91. The minimum Gasteiger partial charge on any atom is -0.489 e. The first-order valence-corrected chi connectivity index (χ1v) is 15.9. The number of anilines is 1. The lowest BCUT2D eigenvalue weighted by atomic mass is 9.74. The number of oxime groups is 1. The zero-order valence-electron chi connectivity index (χ0n) is 24.6. The van der Waals surface area contributed by atoms with Crippen molar-refractivity contribution in [2.75, 3.05) is 18.9 Å². The molecule has 1 fully saturated rings. The Balaban J connectivity index is 1.43. The Morgan fingerprint density at radius 2 is 1.85 bits per heavy atom. The standard InChI is InChI=1S/C27H31N7O10S2/c1-27(2)18(24(36)34(27)44-46(39,40)41)10-20(35)23(19-14-45-26(29)32-19)33-43-21(25(37)38)13-42-17-7-5-15(6-8-17)16-11-30-22(31-12-16)4-3-9-28/h5-8,11-12,14,18,21H,3-4,9-10,13,28H2,1-2H3,(H2,29,32)(H,37,38)(H,39,40,41)/b33-23-/t18-,21+/m1/s1. The van der Waals surface area contributed by atoms with Gasteiger partial charge in [-0.25, -0.2) is 19.7 Å². The van der Waals surface area contributed by atoms with Crippen molar-refractivity contribution >= 4 is 50.2 Å². The number of benzene rings is 1. The first-order chi connectivity index (χ1) is 21.7. The fourth-order valence-corrected chi connectivity index (χ4v) is 5.36. The monoisotopic (exact) mass is 677 g/mol. The van der Waals surface area contributed by atoms with Gasteiger partial charge in [0.25, 0.3) is 12.0 Å². The number of aromatic nitrogens is 3. The Morgan fingerprint density at radius 1 is 1.17 bits per heavy atom. The molecule has 0 aliphatic carbocycles. The van der Waals surface area contributed by atoms with Gasteiger partial charge in [-0.15, -0.1) is 15.6 Å². The number of aryl methyl sites for hydroxylation is 1. The average Bonchev–Trinajstić information content (AvgIpc) is 3.44. The largest absolute Gasteiger partial charge is 0.489 e. The molecule has 19 heteroatoms. The number of hydrogen-bond acceptors (Lipinski definition) is 15. The highest BCUT2D eigenvalue weighted by atomic mass is 32.3. The Labute approximate surface area is 267 Å². The summed E-state index contributed by atoms with van der Waals surface area (Å²) in [6, 6.07) is 6.74. The van der Waals surface area contributed by atoms with Crippen molar-refractivity contribution in [3.05, 3.63) is 53.6 Å². The van der Waals surface area contributed by atoms with E-state index >= 15 is 0 Å². The zero-order chi connectivity index (χ0) is 33.6. The summed E-state index contributed by atoms with van der Waals surface area (Å²) in [7, 11) is -4.99. The minimum absolute atomic E-state index is 0.0276. The van der Waals surface area contributed by atoms with Crippen LogP contribution >= 0.6 is 11.3 Å². The van der Waals surface area contributed by atoms with E-state index in [-0.39, 0.29) is 10.8 Å². The number of amides is 1. The number of nitrogens with two attached hydrogens (primary N) is 2. The summed E-state index contributed by atoms with van der Waals surface area (Å²) in [4.78, 5) is 55.7. The van der Waals surface area contributed by atoms with E-state index in [1.165, 1.54) is 19.2 Å². The summed E-state index contributed by atoms with van der Waals surface area (Å²) in [5, 5.41) is 15.4. The molecule has 3 aromatic rings. The molecule has 0 saturated carbocycles. The number of hydrogen-bond donors (Lipinski definition) is 4. The van der Waals surface area contributed by atoms with Crippen molar-refractivity contribution in [1.29, 1.82) is 0 Å². The van der Waals surface area contributed by atoms with Crippen LogP contribution in [0.25, 0.3) is 11.1 Å². The molecule has 1 aliphatic rings. The lowest BCUT2D eigenvalue weighted by molar-refractivity contribution is -0.228. The van der Waals surface area contributed by atoms with Crippen LogP contribution in [0.5, 0.6) is 5.75 Å². The predicted molar refractivity (Wildman–Crippen MR) is 163 cm³/mol. The second-order valence-electron chi connectivity index (χ2n) is 10.5. The summed E-state index contributed by atoms with van der Waals surface area (Å²) in [6.07, 6.45) is 2.69. The Morgan fingerprint density at radius 3 is 2.39 bits per heavy atom. The van der Waals surface area contributed by atoms with Gasteiger partial charge in [0.05, 0.1) is 11.5 Å². The van der Waals surface area contributed by atoms with Gasteiger partial charge in [-0.1, -0.05) is 17.3 Å². The number of aliphatic carboxylic acids is 1. The van der Waals surface area contributed by atoms with Crippen molar-refractivity contribution in [3.63, 3.8) is 0 Å². The number of carbonyl (C=O) groups is 3. The van der Waals surface area contributed by atoms with Crippen molar-refractivity contribution in [3.8, 4) is 16.9 Å². The number of carboxylic acids is 1. The average molecular weight is 678 g/mol. The van der Waals surface area contributed by atoms with Gasteiger partial charge < -0.3 is 26.1 Å². The topological polar surface area (TPSA) is 260 Å². The van der Waals surface area contributed by atoms with Crippen molar-refractivity contribution in [2.45, 2.75) is 44.8 Å². The van der Waals surface area contributed by atoms with Gasteiger partial charge in [0.1, 0.15) is 23.9 Å². The number of hydroxylamine groups is 2. The number of carboxylic acid groups (broad SMARTS) is 1. The molecular weight excluding hydrogens is 646 g/mol. The number of ketones is 1. The molecule has 6 N–H and O–H groups in total. The Kier molecular flexibility index (Phi) is 10.6. The molecule has 17 nitrogen and oxygen atoms in total. The number of Topliss-reactive ketones (excluding diaryl/α,β-unsaturated/α-hetero) is 1. The molecule has 46 heavy (non-hydrogen) atoms. The molecule has 246 valence electrons. The number of nitrogens with zero attached hydrogens (tertiary/aromatic N) is 5. The molecule has 0 radical (unpaired) electrons. The van der Waals surface area contributed by atoms with Gasteiger partial charge in [0.2, 0.25) is 0 Å². The molecule has 0 unspecified atom stereocenters. The SMILES string of the molecule is CC1(C)[C@H](CC(=O)/C(=N\O[C@@H](COc2ccc(-c3cnc(CCCN)nc3)cc2)C(=O)O)c2csc(N)n2)C(=O)N1OS(=O)(=O)O. The number of carbonyl (C=O) groups excluding carboxylic acids is 2. The van der Waals surface area contributed by atoms with E-state index in [9.17, 15) is 27.9 Å². The maximum atomic E-state index is 13.3. The number of ether oxygens (including phenoxy) is 1. The number of rotatable bonds is 16. The van der Waals surface area contributed by atoms with Crippen LogP contribution in [0.2, 0.25) is 0 Å². The first-order valence-electron chi connectivity index (χ1n) is 13.7. The fraction of sp³-hybridized carbons (Fsp3) is 0.370. The normalized spacial score (nSPS) is 16.9. The van der Waals surface area contributed by atoms with Crippen LogP contribution in [-0.4, -0.2) is 86.3 Å². The molecule has 3 heterocycles. The number of thiazole rings is 1. The summed E-state index contributed by atoms with van der Waals surface area (Å²) in [5.41, 5.74) is 11.0. The smallest absolute Gasteiger partial charge is 0.418 e. The van der Waals surface area contributed by atoms with Gasteiger partial charge in [-0.2, -0.15) is 13.5 Å². The zero-order valence-corrected chi connectivity index (χ0v) is 26.2. The summed E-state index contributed by atoms with van der Waals surface area (Å²) in [5.74, 6) is -3.16. The predicted octanol–water partition coefficient (Wildman–Crippen LogP) is 1.26. The Bertz CT molecular complexity index is 1710. The molecule has 1 aliphatic heterocycles. The molecule has 1 aromatic carbocycles. The maximum absolute atomic E-state index is 13.3. The highest BCUT2D eigenvalue weighted by Crippen LogP contribution is 2.40. The van der Waals surface area contributed by atoms with E-state index in [4.69, 9.17) is 25.6 Å². The van der Waals surface area contributed by atoms with Crippen LogP contribution in [0.15, 0.2) is 47.2 Å². The van der Waals surface area contributed by atoms with Crippen LogP contribution < -0.4 is 16.2 Å². The molecule has 1 saturated heterocycles. The minimum atomic E-state index is -4.99. The van der Waals surface area contributed by atoms with E-state index < -0.39 is 64.4 Å². The van der Waals surface area contributed by atoms with Crippen molar-refractivity contribution in [2.24, 2.45) is 16.8 Å². The van der Waals surface area contributed by atoms with Crippen molar-refractivity contribution < 1.29 is 46.3 Å². The highest BCUT2D eigenvalue weighted by Gasteiger charge is 2.57. The van der Waals surface area contributed by atoms with Crippen LogP contribution in [0, 0.1) is 5.92 Å². The number of nitrogen functional groups attached to an aromatic ring is 1. The summed E-state index contributed by atoms with van der Waals surface area (Å²) >= 11 is 0.982. The lowest BCUT2D eigenvalue weighted by Crippen LogP contribution is -2.68. The second-order valence-corrected chi connectivity index (χ2v) is 12.4. The molecular formula is C27H31N7O10S2. The maximum Gasteiger partial charge on any atom is 0.418 e. The quantitative estimate of drug-likeness (QED) is 0.0720. The molecule has 2 aromatic heterocycles. The van der Waals surface area contributed by atoms with E-state index in [0.29, 0.717) is 29.6 Å². The Hall–Kier alpha value is -4.56. The van der Waals surface area contributed by atoms with Gasteiger partial charge in [0.15, 0.2) is 16.6 Å². The fourth-order valence-electron chi connectivity index (χ4n) is 4.36. The van der Waals surface area contributed by atoms with Gasteiger partial charge in [0, 0.05) is 36.2 Å². The molecule has 1 amide bonds. The van der Waals surface area contributed by atoms with Gasteiger partial charge in [-0.05, 0) is 44.5 Å². The van der Waals surface area contributed by atoms with Crippen LogP contribution in [0.1, 0.15) is 38.2 Å². The molecule has 4 rings (SSSR count). The second kappa shape index (κ2) is 14.3. The van der Waals surface area contributed by atoms with Crippen LogP contribution in [-0.2, 0) is 40.3 Å². The van der Waals surface area contributed by atoms with Gasteiger partial charge in [-0.3, -0.25) is 14.1 Å². The van der Waals surface area contributed by atoms with E-state index in [0.717, 1.165) is 28.9 Å². The third kappa shape index (κ3) is 8.37. The lowest BCUT2D eigenvalue weighted by Gasteiger charge is -2.50. The number of β-lactam (4-membered cyclic amide) rings is 1. The summed E-state index contributed by atoms with van der Waals surface area (Å²) < 4.78 is 41.1. The summed E-state index contributed by atoms with van der Waals surface area (Å²) in [6.45, 7) is 2.90. The van der Waals surface area contributed by atoms with Crippen LogP contribution in [0.3, 0.4) is 0 Å². The first kappa shape index (κ1) is 34.3. The molecule has 0 bridgehead atoms. The van der Waals surface area contributed by atoms with E-state index in [1.807, 2.05) is 0 Å². The van der Waals surface area contributed by atoms with Gasteiger partial charge >= 0.3 is 16.4 Å².